The van der Waals surface area contributed by atoms with Crippen LogP contribution in [0.1, 0.15) is 18.0 Å². The largest absolute Gasteiger partial charge is 0.386 e. The quantitative estimate of drug-likeness (QED) is 0.197. The Kier molecular flexibility index (Phi) is 7.72. The van der Waals surface area contributed by atoms with Crippen molar-refractivity contribution in [3.63, 3.8) is 0 Å². The summed E-state index contributed by atoms with van der Waals surface area (Å²) in [7, 11) is 2.75. The van der Waals surface area contributed by atoms with Crippen LogP contribution in [0.25, 0.3) is 22.2 Å². The summed E-state index contributed by atoms with van der Waals surface area (Å²) < 4.78 is 79.3. The van der Waals surface area contributed by atoms with Crippen LogP contribution in [-0.4, -0.2) is 106 Å². The van der Waals surface area contributed by atoms with Gasteiger partial charge in [-0.1, -0.05) is 0 Å². The lowest BCUT2D eigenvalue weighted by molar-refractivity contribution is -0.0557. The van der Waals surface area contributed by atoms with Crippen LogP contribution in [0, 0.1) is 0 Å². The zero-order valence-electron chi connectivity index (χ0n) is 24.0. The molecule has 0 aromatic carbocycles. The molecule has 4 aromatic heterocycles. The molecule has 4 aliphatic heterocycles. The Morgan fingerprint density at radius 3 is 2.49 bits per heavy atom. The molecular formula is C24H24B2FN7O11P2. The number of nitrogens with zero attached hydrogens (tertiary/aromatic N) is 5. The number of anilines is 1. The molecular weight excluding hydrogens is 665 g/mol. The third kappa shape index (κ3) is 5.48. The number of aliphatic hydroxyl groups is 1. The first-order valence-corrected chi connectivity index (χ1v) is 17.5. The third-order valence-corrected chi connectivity index (χ3v) is 10.4. The van der Waals surface area contributed by atoms with E-state index in [-0.39, 0.29) is 11.2 Å². The summed E-state index contributed by atoms with van der Waals surface area (Å²) in [5, 5.41) is 12.2. The number of alkyl halides is 1. The maximum absolute atomic E-state index is 16.0. The first-order chi connectivity index (χ1) is 22.5. The number of aromatic nitrogens is 6. The summed E-state index contributed by atoms with van der Waals surface area (Å²) in [6.07, 6.45) is -6.08. The van der Waals surface area contributed by atoms with Crippen LogP contribution < -0.4 is 11.0 Å². The minimum Gasteiger partial charge on any atom is -0.386 e. The molecule has 0 spiro atoms. The fraction of sp³-hybridized carbons (Fsp3) is 0.500. The van der Waals surface area contributed by atoms with Gasteiger partial charge >= 0.3 is 0 Å². The van der Waals surface area contributed by atoms with Gasteiger partial charge in [-0.05, 0) is 11.6 Å². The van der Waals surface area contributed by atoms with Crippen LogP contribution >= 0.6 is 14.9 Å². The van der Waals surface area contributed by atoms with Crippen molar-refractivity contribution in [1.82, 2.24) is 29.1 Å². The van der Waals surface area contributed by atoms with E-state index in [1.54, 1.807) is 23.0 Å². The van der Waals surface area contributed by atoms with Gasteiger partial charge in [-0.2, -0.15) is 0 Å². The highest BCUT2D eigenvalue weighted by atomic mass is 31.2. The summed E-state index contributed by atoms with van der Waals surface area (Å²) in [4.78, 5) is 32.3. The molecule has 244 valence electrons. The van der Waals surface area contributed by atoms with E-state index in [1.165, 1.54) is 0 Å². The molecule has 4 aliphatic rings. The number of hydrogen-bond acceptors (Lipinski definition) is 15. The van der Waals surface area contributed by atoms with Crippen molar-refractivity contribution in [2.24, 2.45) is 0 Å². The maximum atomic E-state index is 16.0. The molecule has 8 heterocycles. The number of imidazole rings is 1. The van der Waals surface area contributed by atoms with Crippen molar-refractivity contribution in [1.29, 1.82) is 0 Å². The van der Waals surface area contributed by atoms with Gasteiger partial charge in [-0.3, -0.25) is 28.8 Å². The summed E-state index contributed by atoms with van der Waals surface area (Å²) in [6.45, 7) is -0.948. The Labute approximate surface area is 265 Å². The lowest BCUT2D eigenvalue weighted by Crippen LogP contribution is -2.38. The van der Waals surface area contributed by atoms with Crippen LogP contribution in [0.15, 0.2) is 35.9 Å². The number of aromatic amines is 1. The van der Waals surface area contributed by atoms with Gasteiger partial charge in [-0.25, -0.2) is 19.3 Å². The summed E-state index contributed by atoms with van der Waals surface area (Å²) in [5.41, 5.74) is 4.16. The Morgan fingerprint density at radius 1 is 0.979 bits per heavy atom. The molecule has 3 N–H and O–H groups in total. The summed E-state index contributed by atoms with van der Waals surface area (Å²) in [5.74, 6) is 0. The number of nitrogens with one attached hydrogen (secondary N) is 2. The maximum Gasteiger partial charge on any atom is 0.278 e. The van der Waals surface area contributed by atoms with E-state index in [4.69, 9.17) is 47.5 Å². The molecule has 0 aliphatic carbocycles. The number of pyridine rings is 1. The summed E-state index contributed by atoms with van der Waals surface area (Å²) >= 11 is 0. The normalized spacial score (nSPS) is 37.8. The molecule has 3 fully saturated rings. The zero-order valence-corrected chi connectivity index (χ0v) is 25.8. The highest BCUT2D eigenvalue weighted by Crippen LogP contribution is 2.54. The van der Waals surface area contributed by atoms with E-state index >= 15 is 4.39 Å². The summed E-state index contributed by atoms with van der Waals surface area (Å²) in [6, 6.07) is 1.73. The van der Waals surface area contributed by atoms with Gasteiger partial charge in [0.15, 0.2) is 29.8 Å². The van der Waals surface area contributed by atoms with E-state index in [0.717, 1.165) is 28.2 Å². The second-order valence-corrected chi connectivity index (χ2v) is 14.3. The Balaban J connectivity index is 1.08. The van der Waals surface area contributed by atoms with E-state index in [1.807, 2.05) is 0 Å². The molecule has 4 unspecified atom stereocenters. The molecule has 0 bridgehead atoms. The van der Waals surface area contributed by atoms with Crippen molar-refractivity contribution in [3.05, 3.63) is 47.0 Å². The average molecular weight is 689 g/mol. The molecule has 10 atom stereocenters. The van der Waals surface area contributed by atoms with Crippen molar-refractivity contribution < 1.29 is 51.0 Å². The molecule has 0 amide bonds. The number of hydrogen-bond donors (Lipinski definition) is 3. The number of H-pyrrole nitrogens is 1. The van der Waals surface area contributed by atoms with Gasteiger partial charge in [-0.15, -0.1) is 0 Å². The number of ether oxygens (including phenoxy) is 2. The predicted octanol–water partition coefficient (Wildman–Crippen LogP) is 0.933. The van der Waals surface area contributed by atoms with Gasteiger partial charge in [0.2, 0.25) is 15.1 Å². The molecule has 18 nitrogen and oxygen atoms in total. The number of aliphatic hydroxyl groups excluding tert-OH is 1. The van der Waals surface area contributed by atoms with E-state index < -0.39 is 82.9 Å². The van der Waals surface area contributed by atoms with E-state index in [0.29, 0.717) is 24.4 Å². The SMILES string of the molecule is [B]P1(=O)OC[C@H]2O[C@@H](n3cnc4c(=O)[nH]cnc43)C(F)[C@H]2OP([B])(=O)OC[C@H]2O[C@@H](n3cc4c5c(ccnc53)NOCC4)[C@@H](O)C2O1. The lowest BCUT2D eigenvalue weighted by Gasteiger charge is -2.30. The van der Waals surface area contributed by atoms with Crippen molar-refractivity contribution in [3.8, 4) is 0 Å². The fourth-order valence-corrected chi connectivity index (χ4v) is 8.23. The Morgan fingerprint density at radius 2 is 1.70 bits per heavy atom. The van der Waals surface area contributed by atoms with Crippen molar-refractivity contribution in [2.45, 2.75) is 55.6 Å². The highest BCUT2D eigenvalue weighted by molar-refractivity contribution is 7.79. The first-order valence-electron chi connectivity index (χ1n) is 14.3. The van der Waals surface area contributed by atoms with Crippen LogP contribution in [-0.2, 0) is 48.0 Å². The lowest BCUT2D eigenvalue weighted by atomic mass is 10.1. The molecule has 4 radical (unpaired) electrons. The van der Waals surface area contributed by atoms with Gasteiger partial charge < -0.3 is 42.2 Å². The standard InChI is InChI=1S/C24H24B2FN7O11P2/c25-46(37)41-7-13-19(17(35)24(43-13)33-5-10-2-4-39-32-11-1-3-28-20(33)14(10)11)45-47(26,38)40-6-12-18(44-46)15(27)23(42-12)34-9-31-16-21(34)29-8-30-22(16)36/h1,3,5,8-9,12-13,15,17-19,23-24,32,35H,2,4,6-7H2,(H,29,30,36)/t12-,13-,15?,17+,18+,19?,23-,24-,46?,47?/m1/s1. The Bertz CT molecular complexity index is 2020. The van der Waals surface area contributed by atoms with Gasteiger partial charge in [0.1, 0.15) is 36.2 Å². The molecule has 3 saturated heterocycles. The molecule has 4 aromatic rings. The topological polar surface area (TPSA) is 212 Å². The fourth-order valence-electron chi connectivity index (χ4n) is 6.21. The van der Waals surface area contributed by atoms with E-state index in [2.05, 4.69) is 25.4 Å². The molecule has 0 saturated carbocycles. The number of halogens is 1. The van der Waals surface area contributed by atoms with Crippen LogP contribution in [0.5, 0.6) is 0 Å². The van der Waals surface area contributed by atoms with Crippen LogP contribution in [0.3, 0.4) is 0 Å². The highest BCUT2D eigenvalue weighted by Gasteiger charge is 2.53. The van der Waals surface area contributed by atoms with Gasteiger partial charge in [0.05, 0.1) is 38.2 Å². The van der Waals surface area contributed by atoms with Crippen molar-refractivity contribution >= 4 is 58.0 Å². The van der Waals surface area contributed by atoms with Crippen LogP contribution in [0.2, 0.25) is 0 Å². The monoisotopic (exact) mass is 689 g/mol. The van der Waals surface area contributed by atoms with E-state index in [9.17, 15) is 19.0 Å². The van der Waals surface area contributed by atoms with Gasteiger partial charge in [0.25, 0.3) is 20.5 Å². The molecule has 23 heteroatoms. The van der Waals surface area contributed by atoms with Gasteiger partial charge in [0, 0.05) is 24.2 Å². The molecule has 47 heavy (non-hydrogen) atoms. The predicted molar refractivity (Wildman–Crippen MR) is 158 cm³/mol. The van der Waals surface area contributed by atoms with Crippen molar-refractivity contribution in [2.75, 3.05) is 25.3 Å². The second kappa shape index (κ2) is 11.6. The third-order valence-electron chi connectivity index (χ3n) is 8.31. The van der Waals surface area contributed by atoms with Crippen LogP contribution in [0.4, 0.5) is 10.1 Å². The number of rotatable bonds is 2. The minimum atomic E-state index is -4.57. The Hall–Kier alpha value is -2.96. The zero-order chi connectivity index (χ0) is 32.7. The minimum absolute atomic E-state index is 0.0102. The average Bonchev–Trinajstić information content (AvgIpc) is 3.73. The first kappa shape index (κ1) is 31.3. The smallest absolute Gasteiger partial charge is 0.278 e. The second-order valence-electron chi connectivity index (χ2n) is 11.3. The number of fused-ring (bicyclic) bond motifs is 3. The molecule has 8 rings (SSSR count).